The Hall–Kier alpha value is -0.0400. The van der Waals surface area contributed by atoms with Gasteiger partial charge in [-0.3, -0.25) is 4.90 Å². The van der Waals surface area contributed by atoms with Crippen LogP contribution in [0.4, 0.5) is 0 Å². The van der Waals surface area contributed by atoms with Crippen LogP contribution in [0.2, 0.25) is 0 Å². The summed E-state index contributed by atoms with van der Waals surface area (Å²) in [4.78, 5) is 2.53. The van der Waals surface area contributed by atoms with E-state index in [1.165, 1.54) is 13.0 Å². The Kier molecular flexibility index (Phi) is 4.84. The van der Waals surface area contributed by atoms with E-state index >= 15 is 0 Å². The van der Waals surface area contributed by atoms with Gasteiger partial charge in [0.1, 0.15) is 0 Å². The van der Waals surface area contributed by atoms with E-state index in [-0.39, 0.29) is 0 Å². The predicted molar refractivity (Wildman–Crippen MR) is 56.5 cm³/mol. The van der Waals surface area contributed by atoms with Crippen molar-refractivity contribution in [1.29, 1.82) is 0 Å². The molecule has 1 heteroatoms. The van der Waals surface area contributed by atoms with Crippen LogP contribution in [-0.4, -0.2) is 23.5 Å². The summed E-state index contributed by atoms with van der Waals surface area (Å²) in [6, 6.07) is 0. The van der Waals surface area contributed by atoms with Gasteiger partial charge in [0, 0.05) is 5.54 Å². The monoisotopic (exact) mass is 171 g/mol. The van der Waals surface area contributed by atoms with Gasteiger partial charge in [-0.2, -0.15) is 0 Å². The lowest BCUT2D eigenvalue weighted by Gasteiger charge is -2.35. The Balaban J connectivity index is 3.84. The Morgan fingerprint density at radius 3 is 1.92 bits per heavy atom. The second-order valence-corrected chi connectivity index (χ2v) is 4.93. The van der Waals surface area contributed by atoms with E-state index in [1.54, 1.807) is 0 Å². The highest BCUT2D eigenvalue weighted by Crippen LogP contribution is 2.14. The second kappa shape index (κ2) is 4.86. The third-order valence-corrected chi connectivity index (χ3v) is 2.31. The average molecular weight is 171 g/mol. The molecule has 0 bridgehead atoms. The number of hydrogen-bond acceptors (Lipinski definition) is 1. The van der Waals surface area contributed by atoms with Gasteiger partial charge in [0.15, 0.2) is 0 Å². The zero-order valence-corrected chi connectivity index (χ0v) is 9.65. The first-order valence-corrected chi connectivity index (χ1v) is 5.13. The molecule has 0 spiro atoms. The molecule has 0 saturated heterocycles. The summed E-state index contributed by atoms with van der Waals surface area (Å²) in [5.74, 6) is 0.821. The molecule has 0 aliphatic heterocycles. The maximum Gasteiger partial charge on any atom is 0.0124 e. The lowest BCUT2D eigenvalue weighted by Crippen LogP contribution is -2.42. The van der Waals surface area contributed by atoms with Crippen molar-refractivity contribution in [3.05, 3.63) is 0 Å². The molecule has 74 valence electrons. The van der Waals surface area contributed by atoms with Crippen molar-refractivity contribution in [3.8, 4) is 0 Å². The van der Waals surface area contributed by atoms with Crippen LogP contribution in [-0.2, 0) is 0 Å². The molecule has 0 saturated carbocycles. The molecule has 0 aromatic rings. The van der Waals surface area contributed by atoms with Crippen LogP contribution in [0.1, 0.15) is 48.0 Å². The summed E-state index contributed by atoms with van der Waals surface area (Å²) >= 11 is 0. The molecule has 0 unspecified atom stereocenters. The zero-order valence-electron chi connectivity index (χ0n) is 9.65. The van der Waals surface area contributed by atoms with Crippen LogP contribution in [0, 0.1) is 5.92 Å². The summed E-state index contributed by atoms with van der Waals surface area (Å²) in [6.45, 7) is 16.1. The Bertz CT molecular complexity index is 111. The molecule has 0 aromatic carbocycles. The van der Waals surface area contributed by atoms with Crippen molar-refractivity contribution in [2.75, 3.05) is 13.1 Å². The van der Waals surface area contributed by atoms with Crippen LogP contribution in [0.15, 0.2) is 0 Å². The highest BCUT2D eigenvalue weighted by atomic mass is 15.2. The first-order valence-electron chi connectivity index (χ1n) is 5.13. The highest BCUT2D eigenvalue weighted by Gasteiger charge is 2.18. The molecular weight excluding hydrogens is 146 g/mol. The van der Waals surface area contributed by atoms with Gasteiger partial charge in [0.05, 0.1) is 0 Å². The summed E-state index contributed by atoms with van der Waals surface area (Å²) < 4.78 is 0. The molecule has 0 amide bonds. The maximum atomic E-state index is 2.53. The fourth-order valence-corrected chi connectivity index (χ4v) is 1.38. The van der Waals surface area contributed by atoms with Crippen molar-refractivity contribution in [2.45, 2.75) is 53.5 Å². The minimum atomic E-state index is 0.337. The topological polar surface area (TPSA) is 3.24 Å². The SMILES string of the molecule is CCN(CCC(C)C)C(C)(C)C. The lowest BCUT2D eigenvalue weighted by molar-refractivity contribution is 0.137. The lowest BCUT2D eigenvalue weighted by atomic mass is 10.0. The van der Waals surface area contributed by atoms with Crippen molar-refractivity contribution in [3.63, 3.8) is 0 Å². The number of hydrogen-bond donors (Lipinski definition) is 0. The summed E-state index contributed by atoms with van der Waals surface area (Å²) in [5, 5.41) is 0. The second-order valence-electron chi connectivity index (χ2n) is 4.93. The van der Waals surface area contributed by atoms with Gasteiger partial charge in [0.2, 0.25) is 0 Å². The van der Waals surface area contributed by atoms with E-state index in [9.17, 15) is 0 Å². The molecule has 1 nitrogen and oxygen atoms in total. The van der Waals surface area contributed by atoms with Gasteiger partial charge in [-0.25, -0.2) is 0 Å². The van der Waals surface area contributed by atoms with E-state index in [2.05, 4.69) is 46.4 Å². The molecule has 0 aliphatic rings. The minimum Gasteiger partial charge on any atom is -0.299 e. The van der Waals surface area contributed by atoms with Gasteiger partial charge in [-0.1, -0.05) is 20.8 Å². The third kappa shape index (κ3) is 4.76. The zero-order chi connectivity index (χ0) is 9.78. The fourth-order valence-electron chi connectivity index (χ4n) is 1.38. The normalized spacial score (nSPS) is 13.0. The van der Waals surface area contributed by atoms with E-state index < -0.39 is 0 Å². The molecule has 12 heavy (non-hydrogen) atoms. The average Bonchev–Trinajstić information content (AvgIpc) is 1.85. The summed E-state index contributed by atoms with van der Waals surface area (Å²) in [6.07, 6.45) is 1.31. The molecule has 0 N–H and O–H groups in total. The number of rotatable bonds is 4. The molecule has 0 heterocycles. The molecule has 0 radical (unpaired) electrons. The van der Waals surface area contributed by atoms with Gasteiger partial charge in [-0.05, 0) is 46.2 Å². The van der Waals surface area contributed by atoms with Crippen molar-refractivity contribution in [1.82, 2.24) is 4.90 Å². The van der Waals surface area contributed by atoms with Crippen molar-refractivity contribution < 1.29 is 0 Å². The van der Waals surface area contributed by atoms with Gasteiger partial charge in [0.25, 0.3) is 0 Å². The summed E-state index contributed by atoms with van der Waals surface area (Å²) in [5.41, 5.74) is 0.337. The molecule has 0 atom stereocenters. The van der Waals surface area contributed by atoms with E-state index in [0.717, 1.165) is 12.5 Å². The molecule has 0 aliphatic carbocycles. The van der Waals surface area contributed by atoms with Crippen LogP contribution in [0.5, 0.6) is 0 Å². The maximum absolute atomic E-state index is 2.53. The standard InChI is InChI=1S/C11H25N/c1-7-12(11(4,5)6)9-8-10(2)3/h10H,7-9H2,1-6H3. The number of nitrogens with zero attached hydrogens (tertiary/aromatic N) is 1. The molecule has 0 fully saturated rings. The van der Waals surface area contributed by atoms with Crippen molar-refractivity contribution in [2.24, 2.45) is 5.92 Å². The van der Waals surface area contributed by atoms with Crippen LogP contribution < -0.4 is 0 Å². The summed E-state index contributed by atoms with van der Waals surface area (Å²) in [7, 11) is 0. The Morgan fingerprint density at radius 2 is 1.67 bits per heavy atom. The largest absolute Gasteiger partial charge is 0.299 e. The van der Waals surface area contributed by atoms with E-state index in [4.69, 9.17) is 0 Å². The third-order valence-electron chi connectivity index (χ3n) is 2.31. The fraction of sp³-hybridized carbons (Fsp3) is 1.00. The van der Waals surface area contributed by atoms with E-state index in [0.29, 0.717) is 5.54 Å². The van der Waals surface area contributed by atoms with Gasteiger partial charge < -0.3 is 0 Å². The first kappa shape index (κ1) is 12.0. The Morgan fingerprint density at radius 1 is 1.17 bits per heavy atom. The predicted octanol–water partition coefficient (Wildman–Crippen LogP) is 3.15. The molecule has 0 aromatic heterocycles. The van der Waals surface area contributed by atoms with Gasteiger partial charge in [-0.15, -0.1) is 0 Å². The van der Waals surface area contributed by atoms with Gasteiger partial charge >= 0.3 is 0 Å². The molecular formula is C11H25N. The Labute approximate surface area is 78.1 Å². The van der Waals surface area contributed by atoms with Crippen LogP contribution in [0.3, 0.4) is 0 Å². The van der Waals surface area contributed by atoms with Crippen LogP contribution in [0.25, 0.3) is 0 Å². The van der Waals surface area contributed by atoms with Crippen molar-refractivity contribution >= 4 is 0 Å². The highest BCUT2D eigenvalue weighted by molar-refractivity contribution is 4.75. The first-order chi connectivity index (χ1) is 5.38. The van der Waals surface area contributed by atoms with E-state index in [1.807, 2.05) is 0 Å². The molecule has 0 rings (SSSR count). The smallest absolute Gasteiger partial charge is 0.0124 e. The minimum absolute atomic E-state index is 0.337. The quantitative estimate of drug-likeness (QED) is 0.628. The van der Waals surface area contributed by atoms with Crippen LogP contribution >= 0.6 is 0 Å².